The van der Waals surface area contributed by atoms with Gasteiger partial charge in [0, 0.05) is 29.5 Å². The van der Waals surface area contributed by atoms with Crippen molar-refractivity contribution in [3.05, 3.63) is 78.6 Å². The number of nitrogens with zero attached hydrogens (tertiary/aromatic N) is 3. The number of hydrogen-bond donors (Lipinski definition) is 0. The molecule has 0 radical (unpaired) electrons. The van der Waals surface area contributed by atoms with Gasteiger partial charge in [-0.2, -0.15) is 0 Å². The number of pyridine rings is 2. The van der Waals surface area contributed by atoms with Crippen molar-refractivity contribution in [1.82, 2.24) is 14.4 Å². The van der Waals surface area contributed by atoms with Crippen LogP contribution in [0.2, 0.25) is 0 Å². The minimum absolute atomic E-state index is 0.192. The molecule has 0 spiro atoms. The Bertz CT molecular complexity index is 1000. The summed E-state index contributed by atoms with van der Waals surface area (Å²) < 4.78 is 7.28. The Hall–Kier alpha value is -3.21. The maximum absolute atomic E-state index is 12.2. The van der Waals surface area contributed by atoms with Crippen LogP contribution in [-0.4, -0.2) is 20.3 Å². The van der Waals surface area contributed by atoms with Crippen molar-refractivity contribution in [2.45, 2.75) is 6.61 Å². The van der Waals surface area contributed by atoms with Gasteiger partial charge in [0.05, 0.1) is 23.6 Å². The zero-order valence-electron chi connectivity index (χ0n) is 12.2. The summed E-state index contributed by atoms with van der Waals surface area (Å²) in [7, 11) is 0. The first-order valence-electron chi connectivity index (χ1n) is 7.22. The Labute approximate surface area is 132 Å². The Balaban J connectivity index is 1.56. The number of fused-ring (bicyclic) bond motifs is 2. The van der Waals surface area contributed by atoms with Crippen molar-refractivity contribution in [2.75, 3.05) is 0 Å². The summed E-state index contributed by atoms with van der Waals surface area (Å²) in [5.74, 6) is -0.360. The standard InChI is InChI=1S/C18H13N3O2/c22-18(13-5-6-21-12-20-10-16(21)7-13)23-11-15-9-19-8-14-3-1-2-4-17(14)15/h1-10,12H,11H2. The predicted octanol–water partition coefficient (Wildman–Crippen LogP) is 3.24. The first-order chi connectivity index (χ1) is 11.3. The predicted molar refractivity (Wildman–Crippen MR) is 86.1 cm³/mol. The molecular formula is C18H13N3O2. The van der Waals surface area contributed by atoms with Gasteiger partial charge in [0.2, 0.25) is 0 Å². The van der Waals surface area contributed by atoms with E-state index in [4.69, 9.17) is 4.74 Å². The van der Waals surface area contributed by atoms with Crippen LogP contribution in [0.25, 0.3) is 16.3 Å². The van der Waals surface area contributed by atoms with Crippen molar-refractivity contribution in [2.24, 2.45) is 0 Å². The SMILES string of the molecule is O=C(OCc1cncc2ccccc12)c1ccn2cncc2c1. The molecule has 0 aliphatic carbocycles. The highest BCUT2D eigenvalue weighted by Crippen LogP contribution is 2.18. The van der Waals surface area contributed by atoms with Crippen molar-refractivity contribution >= 4 is 22.3 Å². The van der Waals surface area contributed by atoms with E-state index in [-0.39, 0.29) is 12.6 Å². The average Bonchev–Trinajstić information content (AvgIpc) is 3.07. The van der Waals surface area contributed by atoms with E-state index in [1.165, 1.54) is 0 Å². The van der Waals surface area contributed by atoms with Crippen LogP contribution in [-0.2, 0) is 11.3 Å². The van der Waals surface area contributed by atoms with E-state index >= 15 is 0 Å². The number of rotatable bonds is 3. The molecule has 4 aromatic rings. The van der Waals surface area contributed by atoms with Crippen LogP contribution >= 0.6 is 0 Å². The summed E-state index contributed by atoms with van der Waals surface area (Å²) in [6.07, 6.45) is 8.71. The molecule has 23 heavy (non-hydrogen) atoms. The van der Waals surface area contributed by atoms with Crippen molar-refractivity contribution < 1.29 is 9.53 Å². The molecule has 0 fully saturated rings. The summed E-state index contributed by atoms with van der Waals surface area (Å²) in [6, 6.07) is 11.4. The lowest BCUT2D eigenvalue weighted by Gasteiger charge is -2.08. The van der Waals surface area contributed by atoms with E-state index in [0.717, 1.165) is 21.9 Å². The molecule has 1 aromatic carbocycles. The quantitative estimate of drug-likeness (QED) is 0.545. The molecule has 0 saturated carbocycles. The van der Waals surface area contributed by atoms with Gasteiger partial charge in [-0.3, -0.25) is 4.98 Å². The second kappa shape index (κ2) is 5.53. The molecule has 0 saturated heterocycles. The molecular weight excluding hydrogens is 290 g/mol. The number of carbonyl (C=O) groups is 1. The van der Waals surface area contributed by atoms with Crippen molar-refractivity contribution in [3.8, 4) is 0 Å². The molecule has 0 N–H and O–H groups in total. The van der Waals surface area contributed by atoms with Crippen molar-refractivity contribution in [1.29, 1.82) is 0 Å². The molecule has 0 amide bonds. The second-order valence-electron chi connectivity index (χ2n) is 5.24. The number of esters is 1. The fourth-order valence-electron chi connectivity index (χ4n) is 2.57. The first kappa shape index (κ1) is 13.5. The van der Waals surface area contributed by atoms with E-state index in [2.05, 4.69) is 9.97 Å². The van der Waals surface area contributed by atoms with Gasteiger partial charge in [-0.15, -0.1) is 0 Å². The third-order valence-electron chi connectivity index (χ3n) is 3.76. The second-order valence-corrected chi connectivity index (χ2v) is 5.24. The number of imidazole rings is 1. The molecule has 0 aliphatic rings. The van der Waals surface area contributed by atoms with Gasteiger partial charge >= 0.3 is 5.97 Å². The maximum Gasteiger partial charge on any atom is 0.338 e. The highest BCUT2D eigenvalue weighted by Gasteiger charge is 2.10. The molecule has 5 heteroatoms. The summed E-state index contributed by atoms with van der Waals surface area (Å²) in [5, 5.41) is 2.07. The number of aromatic nitrogens is 3. The van der Waals surface area contributed by atoms with Crippen LogP contribution < -0.4 is 0 Å². The van der Waals surface area contributed by atoms with Gasteiger partial charge in [0.15, 0.2) is 0 Å². The molecule has 0 unspecified atom stereocenters. The Kier molecular flexibility index (Phi) is 3.24. The summed E-state index contributed by atoms with van der Waals surface area (Å²) in [5.41, 5.74) is 2.25. The highest BCUT2D eigenvalue weighted by molar-refractivity contribution is 5.91. The van der Waals surface area contributed by atoms with Crippen molar-refractivity contribution in [3.63, 3.8) is 0 Å². The van der Waals surface area contributed by atoms with Gasteiger partial charge in [-0.25, -0.2) is 9.78 Å². The summed E-state index contributed by atoms with van der Waals surface area (Å²) in [4.78, 5) is 20.5. The van der Waals surface area contributed by atoms with Crippen LogP contribution in [0.3, 0.4) is 0 Å². The zero-order chi connectivity index (χ0) is 15.6. The van der Waals surface area contributed by atoms with Crippen LogP contribution in [0.4, 0.5) is 0 Å². The summed E-state index contributed by atoms with van der Waals surface area (Å²) in [6.45, 7) is 0.192. The third-order valence-corrected chi connectivity index (χ3v) is 3.76. The number of carbonyl (C=O) groups excluding carboxylic acids is 1. The summed E-state index contributed by atoms with van der Waals surface area (Å²) >= 11 is 0. The lowest BCUT2D eigenvalue weighted by atomic mass is 10.1. The highest BCUT2D eigenvalue weighted by atomic mass is 16.5. The average molecular weight is 303 g/mol. The Morgan fingerprint density at radius 3 is 2.96 bits per heavy atom. The van der Waals surface area contributed by atoms with Gasteiger partial charge in [-0.05, 0) is 17.5 Å². The van der Waals surface area contributed by atoms with Crippen LogP contribution in [0.5, 0.6) is 0 Å². The number of ether oxygens (including phenoxy) is 1. The van der Waals surface area contributed by atoms with E-state index < -0.39 is 0 Å². The fourth-order valence-corrected chi connectivity index (χ4v) is 2.57. The molecule has 0 bridgehead atoms. The van der Waals surface area contributed by atoms with E-state index in [9.17, 15) is 4.79 Å². The van der Waals surface area contributed by atoms with E-state index in [0.29, 0.717) is 5.56 Å². The van der Waals surface area contributed by atoms with E-state index in [1.54, 1.807) is 43.2 Å². The minimum atomic E-state index is -0.360. The maximum atomic E-state index is 12.2. The normalized spacial score (nSPS) is 11.0. The van der Waals surface area contributed by atoms with Gasteiger partial charge in [-0.1, -0.05) is 24.3 Å². The van der Waals surface area contributed by atoms with Gasteiger partial charge < -0.3 is 9.14 Å². The first-order valence-corrected chi connectivity index (χ1v) is 7.22. The van der Waals surface area contributed by atoms with E-state index in [1.807, 2.05) is 28.7 Å². The third kappa shape index (κ3) is 2.53. The number of hydrogen-bond acceptors (Lipinski definition) is 4. The molecule has 4 rings (SSSR count). The Morgan fingerprint density at radius 1 is 1.09 bits per heavy atom. The molecule has 5 nitrogen and oxygen atoms in total. The zero-order valence-corrected chi connectivity index (χ0v) is 12.2. The molecule has 0 atom stereocenters. The fraction of sp³-hybridized carbons (Fsp3) is 0.0556. The lowest BCUT2D eigenvalue weighted by molar-refractivity contribution is 0.0474. The van der Waals surface area contributed by atoms with Gasteiger partial charge in [0.1, 0.15) is 6.61 Å². The minimum Gasteiger partial charge on any atom is -0.457 e. The van der Waals surface area contributed by atoms with Crippen LogP contribution in [0.1, 0.15) is 15.9 Å². The molecule has 3 aromatic heterocycles. The Morgan fingerprint density at radius 2 is 2.00 bits per heavy atom. The largest absolute Gasteiger partial charge is 0.457 e. The van der Waals surface area contributed by atoms with Crippen LogP contribution in [0.15, 0.2) is 67.5 Å². The molecule has 112 valence electrons. The number of benzene rings is 1. The lowest BCUT2D eigenvalue weighted by Crippen LogP contribution is -2.06. The smallest absolute Gasteiger partial charge is 0.338 e. The van der Waals surface area contributed by atoms with Crippen LogP contribution in [0, 0.1) is 0 Å². The molecule has 3 heterocycles. The monoisotopic (exact) mass is 303 g/mol. The topological polar surface area (TPSA) is 56.5 Å². The van der Waals surface area contributed by atoms with Gasteiger partial charge in [0.25, 0.3) is 0 Å². The molecule has 0 aliphatic heterocycles.